The minimum absolute atomic E-state index is 0.120. The molecule has 0 aliphatic carbocycles. The molecule has 2 aromatic carbocycles. The van der Waals surface area contributed by atoms with Gasteiger partial charge in [0.1, 0.15) is 5.69 Å². The third-order valence-corrected chi connectivity index (χ3v) is 4.89. The Balaban J connectivity index is 1.65. The van der Waals surface area contributed by atoms with Crippen LogP contribution in [0.2, 0.25) is 0 Å². The van der Waals surface area contributed by atoms with E-state index >= 15 is 0 Å². The van der Waals surface area contributed by atoms with Crippen molar-refractivity contribution in [3.05, 3.63) is 70.6 Å². The lowest BCUT2D eigenvalue weighted by Gasteiger charge is -2.14. The molecule has 1 amide bonds. The summed E-state index contributed by atoms with van der Waals surface area (Å²) in [4.78, 5) is 37.6. The molecule has 9 nitrogen and oxygen atoms in total. The fraction of sp³-hybridized carbons (Fsp3) is 0.261. The van der Waals surface area contributed by atoms with E-state index in [1.165, 1.54) is 18.7 Å². The molecule has 168 valence electrons. The Morgan fingerprint density at radius 2 is 1.66 bits per heavy atom. The van der Waals surface area contributed by atoms with Crippen molar-refractivity contribution >= 4 is 17.6 Å². The first-order valence-corrected chi connectivity index (χ1v) is 9.93. The van der Waals surface area contributed by atoms with Gasteiger partial charge in [-0.05, 0) is 38.1 Å². The number of aromatic nitrogens is 2. The molecule has 32 heavy (non-hydrogen) atoms. The van der Waals surface area contributed by atoms with Crippen LogP contribution in [0.3, 0.4) is 0 Å². The maximum Gasteiger partial charge on any atom is 0.344 e. The molecule has 0 saturated heterocycles. The van der Waals surface area contributed by atoms with Crippen LogP contribution in [0.15, 0.2) is 59.4 Å². The van der Waals surface area contributed by atoms with E-state index < -0.39 is 24.6 Å². The second-order valence-corrected chi connectivity index (χ2v) is 7.00. The highest BCUT2D eigenvalue weighted by atomic mass is 16.6. The van der Waals surface area contributed by atoms with Crippen LogP contribution in [0.5, 0.6) is 11.5 Å². The van der Waals surface area contributed by atoms with E-state index in [1.54, 1.807) is 55.1 Å². The number of para-hydroxylation sites is 3. The number of benzene rings is 2. The number of methoxy groups -OCH3 is 1. The molecule has 0 radical (unpaired) electrons. The fourth-order valence-corrected chi connectivity index (χ4v) is 3.10. The third-order valence-electron chi connectivity index (χ3n) is 4.89. The standard InChI is InChI=1S/C23H25N3O6/c1-15-21(23(29)26(25(15)3)17-10-6-5-7-11-17)24-22(28)16(2)32-20(27)14-31-19-13-9-8-12-18(19)30-4/h5-13,16H,14H2,1-4H3,(H,24,28). The van der Waals surface area contributed by atoms with Crippen LogP contribution in [0.4, 0.5) is 5.69 Å². The molecular formula is C23H25N3O6. The third kappa shape index (κ3) is 4.83. The van der Waals surface area contributed by atoms with Crippen molar-refractivity contribution in [2.45, 2.75) is 20.0 Å². The van der Waals surface area contributed by atoms with Crippen molar-refractivity contribution in [2.24, 2.45) is 7.05 Å². The summed E-state index contributed by atoms with van der Waals surface area (Å²) in [6.07, 6.45) is -1.13. The van der Waals surface area contributed by atoms with Crippen molar-refractivity contribution in [1.29, 1.82) is 0 Å². The van der Waals surface area contributed by atoms with Crippen molar-refractivity contribution in [1.82, 2.24) is 9.36 Å². The molecule has 0 aliphatic heterocycles. The number of hydrogen-bond donors (Lipinski definition) is 1. The molecule has 3 rings (SSSR count). The largest absolute Gasteiger partial charge is 0.493 e. The van der Waals surface area contributed by atoms with Crippen LogP contribution in [-0.4, -0.2) is 41.1 Å². The molecule has 1 heterocycles. The molecule has 1 aromatic heterocycles. The van der Waals surface area contributed by atoms with Gasteiger partial charge in [0.15, 0.2) is 24.2 Å². The monoisotopic (exact) mass is 439 g/mol. The van der Waals surface area contributed by atoms with Gasteiger partial charge in [0.2, 0.25) is 0 Å². The van der Waals surface area contributed by atoms with Gasteiger partial charge in [-0.15, -0.1) is 0 Å². The summed E-state index contributed by atoms with van der Waals surface area (Å²) < 4.78 is 18.8. The summed E-state index contributed by atoms with van der Waals surface area (Å²) in [6.45, 7) is 2.74. The van der Waals surface area contributed by atoms with E-state index in [0.717, 1.165) is 0 Å². The number of anilines is 1. The highest BCUT2D eigenvalue weighted by molar-refractivity contribution is 5.95. The topological polar surface area (TPSA) is 101 Å². The Morgan fingerprint density at radius 3 is 2.31 bits per heavy atom. The maximum absolute atomic E-state index is 12.9. The van der Waals surface area contributed by atoms with Gasteiger partial charge < -0.3 is 19.5 Å². The van der Waals surface area contributed by atoms with Gasteiger partial charge in [0.05, 0.1) is 18.5 Å². The Morgan fingerprint density at radius 1 is 1.03 bits per heavy atom. The zero-order valence-corrected chi connectivity index (χ0v) is 18.3. The predicted octanol–water partition coefficient (Wildman–Crippen LogP) is 2.44. The Bertz CT molecular complexity index is 1170. The Labute approximate surface area is 185 Å². The van der Waals surface area contributed by atoms with Gasteiger partial charge in [0.25, 0.3) is 11.5 Å². The number of carbonyl (C=O) groups excluding carboxylic acids is 2. The summed E-state index contributed by atoms with van der Waals surface area (Å²) in [5.41, 5.74) is 0.957. The number of esters is 1. The van der Waals surface area contributed by atoms with Crippen LogP contribution in [0.1, 0.15) is 12.6 Å². The average Bonchev–Trinajstić information content (AvgIpc) is 3.01. The molecule has 0 saturated carbocycles. The van der Waals surface area contributed by atoms with Gasteiger partial charge in [0, 0.05) is 7.05 Å². The van der Waals surface area contributed by atoms with Crippen LogP contribution in [-0.2, 0) is 21.4 Å². The van der Waals surface area contributed by atoms with Crippen molar-refractivity contribution in [3.63, 3.8) is 0 Å². The van der Waals surface area contributed by atoms with Crippen molar-refractivity contribution in [2.75, 3.05) is 19.0 Å². The van der Waals surface area contributed by atoms with Gasteiger partial charge in [-0.25, -0.2) is 9.48 Å². The quantitative estimate of drug-likeness (QED) is 0.541. The van der Waals surface area contributed by atoms with Crippen LogP contribution < -0.4 is 20.3 Å². The second kappa shape index (κ2) is 9.86. The van der Waals surface area contributed by atoms with Crippen LogP contribution in [0, 0.1) is 6.92 Å². The maximum atomic E-state index is 12.9. The highest BCUT2D eigenvalue weighted by Gasteiger charge is 2.23. The molecule has 1 N–H and O–H groups in total. The second-order valence-electron chi connectivity index (χ2n) is 7.00. The SMILES string of the molecule is COc1ccccc1OCC(=O)OC(C)C(=O)Nc1c(C)n(C)n(-c2ccccc2)c1=O. The minimum atomic E-state index is -1.13. The normalized spacial score (nSPS) is 11.5. The molecule has 1 atom stereocenters. The van der Waals surface area contributed by atoms with E-state index in [9.17, 15) is 14.4 Å². The zero-order valence-electron chi connectivity index (χ0n) is 18.3. The summed E-state index contributed by atoms with van der Waals surface area (Å²) in [6, 6.07) is 15.9. The van der Waals surface area contributed by atoms with E-state index in [2.05, 4.69) is 5.32 Å². The molecular weight excluding hydrogens is 414 g/mol. The minimum Gasteiger partial charge on any atom is -0.493 e. The number of nitrogens with one attached hydrogen (secondary N) is 1. The van der Waals surface area contributed by atoms with Crippen LogP contribution in [0.25, 0.3) is 5.69 Å². The van der Waals surface area contributed by atoms with E-state index in [0.29, 0.717) is 22.9 Å². The fourth-order valence-electron chi connectivity index (χ4n) is 3.10. The highest BCUT2D eigenvalue weighted by Crippen LogP contribution is 2.25. The first-order chi connectivity index (χ1) is 15.3. The van der Waals surface area contributed by atoms with Gasteiger partial charge in [-0.3, -0.25) is 14.3 Å². The lowest BCUT2D eigenvalue weighted by atomic mass is 10.3. The molecule has 0 fully saturated rings. The van der Waals surface area contributed by atoms with Gasteiger partial charge in [-0.1, -0.05) is 30.3 Å². The zero-order chi connectivity index (χ0) is 23.3. The summed E-state index contributed by atoms with van der Waals surface area (Å²) in [5, 5.41) is 2.58. The van der Waals surface area contributed by atoms with E-state index in [1.807, 2.05) is 18.2 Å². The lowest BCUT2D eigenvalue weighted by Crippen LogP contribution is -2.33. The molecule has 1 unspecified atom stereocenters. The number of rotatable bonds is 8. The van der Waals surface area contributed by atoms with Gasteiger partial charge in [-0.2, -0.15) is 0 Å². The molecule has 0 bridgehead atoms. The number of carbonyl (C=O) groups is 2. The predicted molar refractivity (Wildman–Crippen MR) is 118 cm³/mol. The smallest absolute Gasteiger partial charge is 0.344 e. The molecule has 3 aromatic rings. The molecule has 9 heteroatoms. The van der Waals surface area contributed by atoms with E-state index in [-0.39, 0.29) is 11.2 Å². The number of hydrogen-bond acceptors (Lipinski definition) is 6. The number of ether oxygens (including phenoxy) is 3. The summed E-state index contributed by atoms with van der Waals surface area (Å²) >= 11 is 0. The summed E-state index contributed by atoms with van der Waals surface area (Å²) in [5.74, 6) is -0.502. The summed E-state index contributed by atoms with van der Waals surface area (Å²) in [7, 11) is 3.21. The van der Waals surface area contributed by atoms with Crippen molar-refractivity contribution in [3.8, 4) is 17.2 Å². The Hall–Kier alpha value is -4.01. The van der Waals surface area contributed by atoms with Gasteiger partial charge >= 0.3 is 5.97 Å². The Kier molecular flexibility index (Phi) is 6.99. The van der Waals surface area contributed by atoms with Crippen molar-refractivity contribution < 1.29 is 23.8 Å². The number of amides is 1. The first kappa shape index (κ1) is 22.7. The van der Waals surface area contributed by atoms with Crippen LogP contribution >= 0.6 is 0 Å². The van der Waals surface area contributed by atoms with E-state index in [4.69, 9.17) is 14.2 Å². The first-order valence-electron chi connectivity index (χ1n) is 9.93. The average molecular weight is 439 g/mol. The lowest BCUT2D eigenvalue weighted by molar-refractivity contribution is -0.155. The molecule has 0 spiro atoms. The number of nitrogens with zero attached hydrogens (tertiary/aromatic N) is 2. The molecule has 0 aliphatic rings.